The van der Waals surface area contributed by atoms with Crippen LogP contribution in [0.3, 0.4) is 0 Å². The summed E-state index contributed by atoms with van der Waals surface area (Å²) in [5.74, 6) is 1.42. The van der Waals surface area contributed by atoms with E-state index in [4.69, 9.17) is 15.2 Å². The number of aromatic nitrogens is 2. The number of fused-ring (bicyclic) bond motifs is 1. The zero-order valence-corrected chi connectivity index (χ0v) is 11.8. The molecule has 6 heteroatoms. The van der Waals surface area contributed by atoms with Crippen LogP contribution >= 0.6 is 0 Å². The number of nitrogens with zero attached hydrogens (tertiary/aromatic N) is 2. The minimum Gasteiger partial charge on any atom is -0.486 e. The Balaban J connectivity index is 1.83. The molecule has 2 aromatic rings. The lowest BCUT2D eigenvalue weighted by molar-refractivity contribution is 0.171. The standard InChI is InChI=1S/C15H17N3O3/c1-10-2-5-15(19)18(17-10)9-12(16)11-3-4-13-14(8-11)21-7-6-20-13/h2-5,8,12H,6-7,9,16H2,1H3. The third-order valence-corrected chi connectivity index (χ3v) is 3.36. The topological polar surface area (TPSA) is 79.4 Å². The predicted octanol–water partition coefficient (Wildman–Crippen LogP) is 1.02. The number of hydrogen-bond donors (Lipinski definition) is 1. The van der Waals surface area contributed by atoms with Gasteiger partial charge < -0.3 is 15.2 Å². The Hall–Kier alpha value is -2.34. The van der Waals surface area contributed by atoms with Crippen LogP contribution in [-0.2, 0) is 6.54 Å². The molecule has 0 spiro atoms. The zero-order chi connectivity index (χ0) is 14.8. The maximum Gasteiger partial charge on any atom is 0.266 e. The first-order valence-electron chi connectivity index (χ1n) is 6.83. The van der Waals surface area contributed by atoms with Gasteiger partial charge in [0.2, 0.25) is 0 Å². The molecule has 1 aromatic heterocycles. The van der Waals surface area contributed by atoms with Gasteiger partial charge in [-0.05, 0) is 30.7 Å². The van der Waals surface area contributed by atoms with Crippen molar-refractivity contribution in [1.82, 2.24) is 9.78 Å². The summed E-state index contributed by atoms with van der Waals surface area (Å²) in [6, 6.07) is 8.44. The molecule has 1 aliphatic heterocycles. The highest BCUT2D eigenvalue weighted by atomic mass is 16.6. The average Bonchev–Trinajstić information content (AvgIpc) is 2.50. The van der Waals surface area contributed by atoms with E-state index in [1.807, 2.05) is 25.1 Å². The molecule has 2 N–H and O–H groups in total. The highest BCUT2D eigenvalue weighted by Gasteiger charge is 2.15. The fourth-order valence-corrected chi connectivity index (χ4v) is 2.26. The van der Waals surface area contributed by atoms with Crippen molar-refractivity contribution in [2.45, 2.75) is 19.5 Å². The van der Waals surface area contributed by atoms with Crippen LogP contribution in [0.25, 0.3) is 0 Å². The summed E-state index contributed by atoms with van der Waals surface area (Å²) in [5.41, 5.74) is 7.69. The quantitative estimate of drug-likeness (QED) is 0.912. The Morgan fingerprint density at radius 1 is 1.24 bits per heavy atom. The van der Waals surface area contributed by atoms with E-state index in [2.05, 4.69) is 5.10 Å². The van der Waals surface area contributed by atoms with E-state index in [9.17, 15) is 4.79 Å². The molecule has 21 heavy (non-hydrogen) atoms. The van der Waals surface area contributed by atoms with Crippen LogP contribution in [0.5, 0.6) is 11.5 Å². The highest BCUT2D eigenvalue weighted by molar-refractivity contribution is 5.44. The third-order valence-electron chi connectivity index (χ3n) is 3.36. The van der Waals surface area contributed by atoms with E-state index < -0.39 is 0 Å². The number of rotatable bonds is 3. The van der Waals surface area contributed by atoms with Crippen LogP contribution in [-0.4, -0.2) is 23.0 Å². The number of nitrogens with two attached hydrogens (primary N) is 1. The molecule has 0 radical (unpaired) electrons. The number of aryl methyl sites for hydroxylation is 1. The minimum absolute atomic E-state index is 0.159. The van der Waals surface area contributed by atoms with Gasteiger partial charge in [0.05, 0.1) is 12.2 Å². The fraction of sp³-hybridized carbons (Fsp3) is 0.333. The lowest BCUT2D eigenvalue weighted by Crippen LogP contribution is -2.28. The van der Waals surface area contributed by atoms with Gasteiger partial charge in [-0.1, -0.05) is 6.07 Å². The van der Waals surface area contributed by atoms with E-state index in [1.54, 1.807) is 6.07 Å². The van der Waals surface area contributed by atoms with Crippen molar-refractivity contribution < 1.29 is 9.47 Å². The second kappa shape index (κ2) is 5.57. The summed E-state index contributed by atoms with van der Waals surface area (Å²) in [6.07, 6.45) is 0. The van der Waals surface area contributed by atoms with E-state index in [0.29, 0.717) is 25.5 Å². The van der Waals surface area contributed by atoms with Gasteiger partial charge in [-0.15, -0.1) is 0 Å². The smallest absolute Gasteiger partial charge is 0.266 e. The monoisotopic (exact) mass is 287 g/mol. The number of ether oxygens (including phenoxy) is 2. The molecule has 3 rings (SSSR count). The molecule has 1 aromatic carbocycles. The van der Waals surface area contributed by atoms with Crippen molar-refractivity contribution in [3.05, 3.63) is 51.9 Å². The molecule has 1 aliphatic rings. The lowest BCUT2D eigenvalue weighted by Gasteiger charge is -2.20. The van der Waals surface area contributed by atoms with Crippen molar-refractivity contribution in [3.63, 3.8) is 0 Å². The molecular weight excluding hydrogens is 270 g/mol. The van der Waals surface area contributed by atoms with E-state index in [-0.39, 0.29) is 11.6 Å². The SMILES string of the molecule is Cc1ccc(=O)n(CC(N)c2ccc3c(c2)OCCO3)n1. The van der Waals surface area contributed by atoms with Crippen LogP contribution in [0, 0.1) is 6.92 Å². The minimum atomic E-state index is -0.340. The van der Waals surface area contributed by atoms with Crippen LogP contribution in [0.4, 0.5) is 0 Å². The molecule has 0 amide bonds. The first-order chi connectivity index (χ1) is 10.1. The van der Waals surface area contributed by atoms with Gasteiger partial charge in [0, 0.05) is 12.1 Å². The molecule has 2 heterocycles. The van der Waals surface area contributed by atoms with E-state index in [0.717, 1.165) is 17.0 Å². The number of hydrogen-bond acceptors (Lipinski definition) is 5. The Kier molecular flexibility index (Phi) is 3.62. The second-order valence-electron chi connectivity index (χ2n) is 5.00. The normalized spacial score (nSPS) is 14.8. The summed E-state index contributed by atoms with van der Waals surface area (Å²) in [4.78, 5) is 11.8. The Morgan fingerprint density at radius 3 is 2.81 bits per heavy atom. The molecule has 1 unspecified atom stereocenters. The van der Waals surface area contributed by atoms with Gasteiger partial charge in [-0.25, -0.2) is 4.68 Å². The van der Waals surface area contributed by atoms with Crippen LogP contribution < -0.4 is 20.8 Å². The van der Waals surface area contributed by atoms with Crippen molar-refractivity contribution in [1.29, 1.82) is 0 Å². The van der Waals surface area contributed by atoms with Crippen LogP contribution in [0.1, 0.15) is 17.3 Å². The van der Waals surface area contributed by atoms with Crippen LogP contribution in [0.15, 0.2) is 35.1 Å². The van der Waals surface area contributed by atoms with Gasteiger partial charge >= 0.3 is 0 Å². The maximum atomic E-state index is 11.8. The molecule has 0 fully saturated rings. The molecular formula is C15H17N3O3. The fourth-order valence-electron chi connectivity index (χ4n) is 2.26. The highest BCUT2D eigenvalue weighted by Crippen LogP contribution is 2.32. The first kappa shape index (κ1) is 13.6. The Morgan fingerprint density at radius 2 is 2.00 bits per heavy atom. The first-order valence-corrected chi connectivity index (χ1v) is 6.83. The molecule has 110 valence electrons. The molecule has 0 saturated heterocycles. The molecule has 6 nitrogen and oxygen atoms in total. The van der Waals surface area contributed by atoms with Gasteiger partial charge in [-0.3, -0.25) is 4.79 Å². The second-order valence-corrected chi connectivity index (χ2v) is 5.00. The van der Waals surface area contributed by atoms with Crippen molar-refractivity contribution in [2.24, 2.45) is 5.73 Å². The van der Waals surface area contributed by atoms with Crippen molar-refractivity contribution >= 4 is 0 Å². The lowest BCUT2D eigenvalue weighted by atomic mass is 10.1. The van der Waals surface area contributed by atoms with Gasteiger partial charge in [0.15, 0.2) is 11.5 Å². The zero-order valence-electron chi connectivity index (χ0n) is 11.8. The molecule has 0 saturated carbocycles. The van der Waals surface area contributed by atoms with E-state index >= 15 is 0 Å². The molecule has 0 bridgehead atoms. The largest absolute Gasteiger partial charge is 0.486 e. The molecule has 0 aliphatic carbocycles. The molecule has 1 atom stereocenters. The average molecular weight is 287 g/mol. The van der Waals surface area contributed by atoms with Gasteiger partial charge in [0.25, 0.3) is 5.56 Å². The number of benzene rings is 1. The third kappa shape index (κ3) is 2.90. The summed E-state index contributed by atoms with van der Waals surface area (Å²) in [7, 11) is 0. The van der Waals surface area contributed by atoms with E-state index in [1.165, 1.54) is 10.7 Å². The summed E-state index contributed by atoms with van der Waals surface area (Å²) >= 11 is 0. The van der Waals surface area contributed by atoms with Gasteiger partial charge in [-0.2, -0.15) is 5.10 Å². The summed E-state index contributed by atoms with van der Waals surface area (Å²) < 4.78 is 12.4. The summed E-state index contributed by atoms with van der Waals surface area (Å²) in [6.45, 7) is 3.25. The van der Waals surface area contributed by atoms with Gasteiger partial charge in [0.1, 0.15) is 13.2 Å². The summed E-state index contributed by atoms with van der Waals surface area (Å²) in [5, 5.41) is 4.19. The predicted molar refractivity (Wildman–Crippen MR) is 77.6 cm³/mol. The van der Waals surface area contributed by atoms with Crippen LogP contribution in [0.2, 0.25) is 0 Å². The van der Waals surface area contributed by atoms with Crippen molar-refractivity contribution in [2.75, 3.05) is 13.2 Å². The Labute approximate surface area is 122 Å². The Bertz CT molecular complexity index is 712. The van der Waals surface area contributed by atoms with Crippen molar-refractivity contribution in [3.8, 4) is 11.5 Å². The maximum absolute atomic E-state index is 11.8.